The molecule has 0 unspecified atom stereocenters. The molecule has 0 fully saturated rings. The van der Waals surface area contributed by atoms with Crippen LogP contribution < -0.4 is 5.73 Å². The van der Waals surface area contributed by atoms with Gasteiger partial charge in [0, 0.05) is 17.3 Å². The Morgan fingerprint density at radius 1 is 1.50 bits per heavy atom. The third kappa shape index (κ3) is 2.48. The minimum atomic E-state index is -0.423. The molecule has 1 heterocycles. The van der Waals surface area contributed by atoms with Crippen LogP contribution in [0.15, 0.2) is 18.2 Å². The van der Waals surface area contributed by atoms with E-state index in [0.717, 1.165) is 0 Å². The summed E-state index contributed by atoms with van der Waals surface area (Å²) in [5, 5.41) is 9.35. The van der Waals surface area contributed by atoms with E-state index in [-0.39, 0.29) is 30.8 Å². The first kappa shape index (κ1) is 14.7. The van der Waals surface area contributed by atoms with Gasteiger partial charge in [-0.05, 0) is 26.0 Å². The van der Waals surface area contributed by atoms with Gasteiger partial charge in [0.1, 0.15) is 10.7 Å². The second kappa shape index (κ2) is 5.76. The molecule has 3 N–H and O–H groups in total. The number of hydrogen-bond donors (Lipinski definition) is 2. The predicted molar refractivity (Wildman–Crippen MR) is 79.5 cm³/mol. The largest absolute Gasteiger partial charge is 0.397 e. The first-order chi connectivity index (χ1) is 9.47. The van der Waals surface area contributed by atoms with E-state index < -0.39 is 5.82 Å². The molecule has 108 valence electrons. The molecule has 0 aliphatic heterocycles. The molecule has 0 saturated carbocycles. The topological polar surface area (TPSA) is 66.6 Å². The maximum absolute atomic E-state index is 13.8. The highest BCUT2D eigenvalue weighted by Crippen LogP contribution is 2.36. The van der Waals surface area contributed by atoms with E-state index in [1.165, 1.54) is 22.3 Å². The maximum Gasteiger partial charge on any atom is 0.266 e. The molecule has 0 aliphatic rings. The average Bonchev–Trinajstić information content (AvgIpc) is 2.73. The van der Waals surface area contributed by atoms with Crippen LogP contribution in [0, 0.1) is 5.82 Å². The number of aliphatic hydroxyl groups is 1. The van der Waals surface area contributed by atoms with Gasteiger partial charge in [-0.15, -0.1) is 11.3 Å². The minimum Gasteiger partial charge on any atom is -0.397 e. The number of carbonyl (C=O) groups excluding carboxylic acids is 1. The fourth-order valence-corrected chi connectivity index (χ4v) is 3.21. The monoisotopic (exact) mass is 296 g/mol. The quantitative estimate of drug-likeness (QED) is 0.911. The molecule has 20 heavy (non-hydrogen) atoms. The Morgan fingerprint density at radius 3 is 2.75 bits per heavy atom. The zero-order chi connectivity index (χ0) is 14.9. The molecule has 0 aliphatic carbocycles. The van der Waals surface area contributed by atoms with Gasteiger partial charge in [-0.1, -0.05) is 6.07 Å². The fourth-order valence-electron chi connectivity index (χ4n) is 2.12. The van der Waals surface area contributed by atoms with Gasteiger partial charge in [0.2, 0.25) is 0 Å². The molecule has 1 amide bonds. The van der Waals surface area contributed by atoms with Gasteiger partial charge in [-0.3, -0.25) is 4.79 Å². The van der Waals surface area contributed by atoms with Crippen molar-refractivity contribution < 1.29 is 14.3 Å². The molecule has 1 aromatic carbocycles. The number of thiophene rings is 1. The molecule has 0 bridgehead atoms. The van der Waals surface area contributed by atoms with Crippen LogP contribution in [0.25, 0.3) is 10.1 Å². The molecule has 2 rings (SSSR count). The lowest BCUT2D eigenvalue weighted by Crippen LogP contribution is -2.38. The Hall–Kier alpha value is -1.66. The smallest absolute Gasteiger partial charge is 0.266 e. The second-order valence-electron chi connectivity index (χ2n) is 4.77. The van der Waals surface area contributed by atoms with Crippen LogP contribution in [0.1, 0.15) is 23.5 Å². The summed E-state index contributed by atoms with van der Waals surface area (Å²) >= 11 is 1.18. The van der Waals surface area contributed by atoms with Crippen molar-refractivity contribution in [3.63, 3.8) is 0 Å². The molecular formula is C14H17FN2O2S. The SMILES string of the molecule is CC(C)N(CCO)C(=O)c1sc2cccc(F)c2c1N. The first-order valence-electron chi connectivity index (χ1n) is 6.35. The Bertz CT molecular complexity index is 639. The van der Waals surface area contributed by atoms with E-state index in [1.807, 2.05) is 13.8 Å². The zero-order valence-electron chi connectivity index (χ0n) is 11.4. The highest BCUT2D eigenvalue weighted by molar-refractivity contribution is 7.21. The summed E-state index contributed by atoms with van der Waals surface area (Å²) in [5.74, 6) is -0.694. The number of rotatable bonds is 4. The van der Waals surface area contributed by atoms with Gasteiger partial charge in [0.15, 0.2) is 0 Å². The van der Waals surface area contributed by atoms with Gasteiger partial charge in [0.05, 0.1) is 17.7 Å². The third-order valence-corrected chi connectivity index (χ3v) is 4.28. The maximum atomic E-state index is 13.8. The lowest BCUT2D eigenvalue weighted by molar-refractivity contribution is 0.0671. The Morgan fingerprint density at radius 2 is 2.20 bits per heavy atom. The van der Waals surface area contributed by atoms with E-state index in [4.69, 9.17) is 10.8 Å². The molecular weight excluding hydrogens is 279 g/mol. The number of amides is 1. The number of nitrogen functional groups attached to an aromatic ring is 1. The van der Waals surface area contributed by atoms with Crippen molar-refractivity contribution in [2.24, 2.45) is 0 Å². The molecule has 2 aromatic rings. The van der Waals surface area contributed by atoms with Crippen molar-refractivity contribution in [3.05, 3.63) is 28.9 Å². The fraction of sp³-hybridized carbons (Fsp3) is 0.357. The predicted octanol–water partition coefficient (Wildman–Crippen LogP) is 2.47. The van der Waals surface area contributed by atoms with Crippen molar-refractivity contribution >= 4 is 33.0 Å². The first-order valence-corrected chi connectivity index (χ1v) is 7.17. The Kier molecular flexibility index (Phi) is 4.25. The second-order valence-corrected chi connectivity index (χ2v) is 5.83. The van der Waals surface area contributed by atoms with Crippen molar-refractivity contribution in [2.75, 3.05) is 18.9 Å². The normalized spacial score (nSPS) is 11.2. The van der Waals surface area contributed by atoms with Crippen LogP contribution in [-0.4, -0.2) is 35.1 Å². The third-order valence-electron chi connectivity index (χ3n) is 3.12. The standard InChI is InChI=1S/C14H17FN2O2S/c1-8(2)17(6-7-18)14(19)13-12(16)11-9(15)4-3-5-10(11)20-13/h3-5,8,18H,6-7,16H2,1-2H3. The molecule has 0 atom stereocenters. The van der Waals surface area contributed by atoms with E-state index in [1.54, 1.807) is 12.1 Å². The van der Waals surface area contributed by atoms with Crippen LogP contribution in [0.4, 0.5) is 10.1 Å². The summed E-state index contributed by atoms with van der Waals surface area (Å²) in [6, 6.07) is 4.59. The van der Waals surface area contributed by atoms with E-state index in [0.29, 0.717) is 15.0 Å². The lowest BCUT2D eigenvalue weighted by Gasteiger charge is -2.25. The van der Waals surface area contributed by atoms with Gasteiger partial charge >= 0.3 is 0 Å². The molecule has 0 radical (unpaired) electrons. The summed E-state index contributed by atoms with van der Waals surface area (Å²) in [4.78, 5) is 14.4. The minimum absolute atomic E-state index is 0.0656. The van der Waals surface area contributed by atoms with Crippen molar-refractivity contribution in [1.82, 2.24) is 4.90 Å². The highest BCUT2D eigenvalue weighted by atomic mass is 32.1. The molecule has 1 aromatic heterocycles. The molecule has 6 heteroatoms. The van der Waals surface area contributed by atoms with Gasteiger partial charge in [-0.25, -0.2) is 4.39 Å². The number of fused-ring (bicyclic) bond motifs is 1. The number of benzene rings is 1. The number of hydrogen-bond acceptors (Lipinski definition) is 4. The molecule has 4 nitrogen and oxygen atoms in total. The molecule has 0 spiro atoms. The summed E-state index contributed by atoms with van der Waals surface area (Å²) < 4.78 is 14.4. The number of carbonyl (C=O) groups is 1. The van der Waals surface area contributed by atoms with Crippen LogP contribution >= 0.6 is 11.3 Å². The average molecular weight is 296 g/mol. The van der Waals surface area contributed by atoms with Crippen LogP contribution in [0.2, 0.25) is 0 Å². The van der Waals surface area contributed by atoms with E-state index in [2.05, 4.69) is 0 Å². The number of halogens is 1. The van der Waals surface area contributed by atoms with Gasteiger partial charge in [-0.2, -0.15) is 0 Å². The zero-order valence-corrected chi connectivity index (χ0v) is 12.2. The number of anilines is 1. The molecule has 0 saturated heterocycles. The van der Waals surface area contributed by atoms with Crippen LogP contribution in [0.5, 0.6) is 0 Å². The van der Waals surface area contributed by atoms with E-state index >= 15 is 0 Å². The lowest BCUT2D eigenvalue weighted by atomic mass is 10.2. The number of nitrogens with two attached hydrogens (primary N) is 1. The van der Waals surface area contributed by atoms with Crippen molar-refractivity contribution in [1.29, 1.82) is 0 Å². The van der Waals surface area contributed by atoms with Crippen LogP contribution in [0.3, 0.4) is 0 Å². The van der Waals surface area contributed by atoms with Crippen molar-refractivity contribution in [3.8, 4) is 0 Å². The summed E-state index contributed by atoms with van der Waals surface area (Å²) in [6.07, 6.45) is 0. The van der Waals surface area contributed by atoms with Gasteiger partial charge < -0.3 is 15.7 Å². The van der Waals surface area contributed by atoms with E-state index in [9.17, 15) is 9.18 Å². The van der Waals surface area contributed by atoms with Crippen molar-refractivity contribution in [2.45, 2.75) is 19.9 Å². The Labute approximate surface area is 120 Å². The summed E-state index contributed by atoms with van der Waals surface area (Å²) in [7, 11) is 0. The Balaban J connectivity index is 2.49. The highest BCUT2D eigenvalue weighted by Gasteiger charge is 2.24. The van der Waals surface area contributed by atoms with Gasteiger partial charge in [0.25, 0.3) is 5.91 Å². The number of aliphatic hydroxyl groups excluding tert-OH is 1. The summed E-state index contributed by atoms with van der Waals surface area (Å²) in [6.45, 7) is 3.82. The number of nitrogens with zero attached hydrogens (tertiary/aromatic N) is 1. The summed E-state index contributed by atoms with van der Waals surface area (Å²) in [5.41, 5.74) is 6.11. The van der Waals surface area contributed by atoms with Crippen LogP contribution in [-0.2, 0) is 0 Å².